The van der Waals surface area contributed by atoms with Crippen LogP contribution in [0.2, 0.25) is 0 Å². The van der Waals surface area contributed by atoms with Gasteiger partial charge in [-0.1, -0.05) is 12.1 Å². The van der Waals surface area contributed by atoms with Gasteiger partial charge in [0, 0.05) is 22.5 Å². The van der Waals surface area contributed by atoms with Crippen LogP contribution in [-0.2, 0) is 0 Å². The van der Waals surface area contributed by atoms with E-state index in [2.05, 4.69) is 10.5 Å². The number of rotatable bonds is 1. The molecule has 22 heavy (non-hydrogen) atoms. The van der Waals surface area contributed by atoms with Crippen molar-refractivity contribution in [1.29, 1.82) is 0 Å². The van der Waals surface area contributed by atoms with Crippen LogP contribution in [0.1, 0.15) is 23.6 Å². The number of hydrogen-bond donors (Lipinski definition) is 2. The lowest BCUT2D eigenvalue weighted by Gasteiger charge is -2.10. The second-order valence-electron chi connectivity index (χ2n) is 5.31. The lowest BCUT2D eigenvalue weighted by molar-refractivity contribution is 0.174. The number of anilines is 1. The van der Waals surface area contributed by atoms with Crippen molar-refractivity contribution in [1.82, 2.24) is 5.43 Å². The number of nitrogens with two attached hydrogens (primary N) is 1. The molecule has 0 spiro atoms. The minimum atomic E-state index is 0.257. The van der Waals surface area contributed by atoms with Crippen LogP contribution in [0, 0.1) is 0 Å². The average Bonchev–Trinajstić information content (AvgIpc) is 2.89. The molecule has 4 rings (SSSR count). The minimum Gasteiger partial charge on any atom is -0.454 e. The van der Waals surface area contributed by atoms with E-state index in [-0.39, 0.29) is 6.79 Å². The highest BCUT2D eigenvalue weighted by atomic mass is 16.7. The van der Waals surface area contributed by atoms with Crippen molar-refractivity contribution in [3.05, 3.63) is 58.8 Å². The Morgan fingerprint density at radius 2 is 1.82 bits per heavy atom. The summed E-state index contributed by atoms with van der Waals surface area (Å²) in [5.41, 5.74) is 14.4. The molecule has 0 saturated heterocycles. The highest BCUT2D eigenvalue weighted by molar-refractivity contribution is 6.15. The molecular weight excluding hydrogens is 278 g/mol. The third-order valence-corrected chi connectivity index (χ3v) is 3.70. The molecule has 2 aromatic carbocycles. The summed E-state index contributed by atoms with van der Waals surface area (Å²) in [7, 11) is 0. The first kappa shape index (κ1) is 12.8. The van der Waals surface area contributed by atoms with Gasteiger partial charge in [0.1, 0.15) is 0 Å². The summed E-state index contributed by atoms with van der Waals surface area (Å²) in [6.07, 6.45) is 2.05. The molecule has 0 atom stereocenters. The third-order valence-electron chi connectivity index (χ3n) is 3.70. The standard InChI is InChI=1S/C17H15N3O2/c1-10-6-12-7-15-16(22-9-21-15)8-14(12)17(20-19-10)11-2-4-13(18)5-3-11/h2-8,19H,9,18H2,1H3. The van der Waals surface area contributed by atoms with Crippen molar-refractivity contribution in [3.8, 4) is 11.5 Å². The molecule has 2 aliphatic heterocycles. The maximum Gasteiger partial charge on any atom is 0.231 e. The van der Waals surface area contributed by atoms with Crippen LogP contribution in [0.25, 0.3) is 6.08 Å². The average molecular weight is 293 g/mol. The van der Waals surface area contributed by atoms with Crippen molar-refractivity contribution < 1.29 is 9.47 Å². The SMILES string of the molecule is CC1=Cc2cc3c(cc2C(c2ccc(N)cc2)=NN1)OCO3. The van der Waals surface area contributed by atoms with Crippen molar-refractivity contribution in [2.45, 2.75) is 6.92 Å². The first-order chi connectivity index (χ1) is 10.7. The number of fused-ring (bicyclic) bond motifs is 2. The second-order valence-corrected chi connectivity index (χ2v) is 5.31. The number of nitrogens with one attached hydrogen (secondary N) is 1. The van der Waals surface area contributed by atoms with E-state index in [9.17, 15) is 0 Å². The summed E-state index contributed by atoms with van der Waals surface area (Å²) in [4.78, 5) is 0. The normalized spacial score (nSPS) is 15.3. The number of hydrogen-bond acceptors (Lipinski definition) is 5. The van der Waals surface area contributed by atoms with Crippen LogP contribution in [0.15, 0.2) is 47.2 Å². The number of nitrogen functional groups attached to an aromatic ring is 1. The Bertz CT molecular complexity index is 807. The summed E-state index contributed by atoms with van der Waals surface area (Å²) >= 11 is 0. The fourth-order valence-electron chi connectivity index (χ4n) is 2.61. The van der Waals surface area contributed by atoms with E-state index in [1.165, 1.54) is 0 Å². The van der Waals surface area contributed by atoms with Gasteiger partial charge in [0.25, 0.3) is 0 Å². The van der Waals surface area contributed by atoms with Crippen molar-refractivity contribution in [3.63, 3.8) is 0 Å². The van der Waals surface area contributed by atoms with Gasteiger partial charge in [0.15, 0.2) is 11.5 Å². The number of ether oxygens (including phenoxy) is 2. The zero-order valence-electron chi connectivity index (χ0n) is 12.1. The molecule has 0 aromatic heterocycles. The van der Waals surface area contributed by atoms with E-state index in [0.29, 0.717) is 0 Å². The van der Waals surface area contributed by atoms with Gasteiger partial charge in [-0.2, -0.15) is 5.10 Å². The molecule has 110 valence electrons. The Balaban J connectivity index is 1.90. The molecule has 0 aliphatic carbocycles. The number of nitrogens with zero attached hydrogens (tertiary/aromatic N) is 1. The van der Waals surface area contributed by atoms with E-state index in [1.807, 2.05) is 49.4 Å². The summed E-state index contributed by atoms with van der Waals surface area (Å²) in [5.74, 6) is 1.51. The van der Waals surface area contributed by atoms with Crippen molar-refractivity contribution in [2.75, 3.05) is 12.5 Å². The molecule has 0 radical (unpaired) electrons. The molecule has 2 aromatic rings. The van der Waals surface area contributed by atoms with Gasteiger partial charge < -0.3 is 15.2 Å². The van der Waals surface area contributed by atoms with E-state index in [4.69, 9.17) is 15.2 Å². The van der Waals surface area contributed by atoms with Crippen LogP contribution in [0.4, 0.5) is 5.69 Å². The minimum absolute atomic E-state index is 0.257. The lowest BCUT2D eigenvalue weighted by Crippen LogP contribution is -2.09. The summed E-state index contributed by atoms with van der Waals surface area (Å²) in [6, 6.07) is 11.6. The third kappa shape index (κ3) is 2.07. The Morgan fingerprint density at radius 1 is 1.09 bits per heavy atom. The van der Waals surface area contributed by atoms with Gasteiger partial charge in [-0.15, -0.1) is 0 Å². The smallest absolute Gasteiger partial charge is 0.231 e. The predicted octanol–water partition coefficient (Wildman–Crippen LogP) is 2.71. The van der Waals surface area contributed by atoms with E-state index >= 15 is 0 Å². The number of benzene rings is 2. The zero-order chi connectivity index (χ0) is 15.1. The summed E-state index contributed by atoms with van der Waals surface area (Å²) < 4.78 is 11.0. The van der Waals surface area contributed by atoms with Crippen molar-refractivity contribution >= 4 is 17.5 Å². The lowest BCUT2D eigenvalue weighted by atomic mass is 9.96. The second kappa shape index (κ2) is 4.80. The van der Waals surface area contributed by atoms with Gasteiger partial charge in [-0.3, -0.25) is 5.43 Å². The Kier molecular flexibility index (Phi) is 2.79. The first-order valence-electron chi connectivity index (χ1n) is 7.02. The maximum absolute atomic E-state index is 5.78. The highest BCUT2D eigenvalue weighted by Crippen LogP contribution is 2.37. The molecule has 0 saturated carbocycles. The highest BCUT2D eigenvalue weighted by Gasteiger charge is 2.21. The molecule has 2 heterocycles. The molecule has 2 aliphatic rings. The molecule has 0 fully saturated rings. The van der Waals surface area contributed by atoms with Crippen LogP contribution in [0.3, 0.4) is 0 Å². The monoisotopic (exact) mass is 293 g/mol. The Morgan fingerprint density at radius 3 is 2.59 bits per heavy atom. The quantitative estimate of drug-likeness (QED) is 0.793. The predicted molar refractivity (Wildman–Crippen MR) is 85.8 cm³/mol. The van der Waals surface area contributed by atoms with E-state index in [0.717, 1.165) is 45.3 Å². The molecule has 5 nitrogen and oxygen atoms in total. The molecule has 0 amide bonds. The number of hydrazone groups is 1. The number of allylic oxidation sites excluding steroid dienone is 1. The van der Waals surface area contributed by atoms with Crippen molar-refractivity contribution in [2.24, 2.45) is 5.10 Å². The van der Waals surface area contributed by atoms with Gasteiger partial charge in [0.2, 0.25) is 6.79 Å². The molecule has 5 heteroatoms. The van der Waals surface area contributed by atoms with Crippen LogP contribution in [-0.4, -0.2) is 12.5 Å². The first-order valence-corrected chi connectivity index (χ1v) is 7.02. The Hall–Kier alpha value is -2.95. The fraction of sp³-hybridized carbons (Fsp3) is 0.118. The van der Waals surface area contributed by atoms with Crippen LogP contribution < -0.4 is 20.6 Å². The molecule has 3 N–H and O–H groups in total. The molecular formula is C17H15N3O2. The zero-order valence-corrected chi connectivity index (χ0v) is 12.1. The van der Waals surface area contributed by atoms with Gasteiger partial charge in [0.05, 0.1) is 5.71 Å². The van der Waals surface area contributed by atoms with Crippen LogP contribution >= 0.6 is 0 Å². The summed E-state index contributed by atoms with van der Waals surface area (Å²) in [6.45, 7) is 2.23. The fourth-order valence-corrected chi connectivity index (χ4v) is 2.61. The topological polar surface area (TPSA) is 68.9 Å². The van der Waals surface area contributed by atoms with Gasteiger partial charge >= 0.3 is 0 Å². The largest absolute Gasteiger partial charge is 0.454 e. The van der Waals surface area contributed by atoms with Gasteiger partial charge in [-0.25, -0.2) is 0 Å². The van der Waals surface area contributed by atoms with Crippen LogP contribution in [0.5, 0.6) is 11.5 Å². The molecule has 0 bridgehead atoms. The molecule has 0 unspecified atom stereocenters. The Labute approximate surface area is 128 Å². The maximum atomic E-state index is 5.78. The summed E-state index contributed by atoms with van der Waals surface area (Å²) in [5, 5.41) is 4.53. The van der Waals surface area contributed by atoms with E-state index < -0.39 is 0 Å². The van der Waals surface area contributed by atoms with Gasteiger partial charge in [-0.05, 0) is 42.8 Å². The van der Waals surface area contributed by atoms with E-state index in [1.54, 1.807) is 0 Å².